The summed E-state index contributed by atoms with van der Waals surface area (Å²) in [5.74, 6) is 0. The lowest BCUT2D eigenvalue weighted by Crippen LogP contribution is -2.36. The molecule has 1 heterocycles. The summed E-state index contributed by atoms with van der Waals surface area (Å²) in [5, 5.41) is 0. The number of nitrogens with one attached hydrogen (secondary N) is 1. The minimum atomic E-state index is 0.360. The van der Waals surface area contributed by atoms with Gasteiger partial charge in [0.15, 0.2) is 0 Å². The molecular weight excluding hydrogens is 208 g/mol. The zero-order valence-electron chi connectivity index (χ0n) is 11.0. The predicted octanol–water partition coefficient (Wildman–Crippen LogP) is 4.19. The van der Waals surface area contributed by atoms with Gasteiger partial charge in [-0.25, -0.2) is 4.98 Å². The lowest BCUT2D eigenvalue weighted by molar-refractivity contribution is 0.0863. The highest BCUT2D eigenvalue weighted by molar-refractivity contribution is 5.14. The lowest BCUT2D eigenvalue weighted by Gasteiger charge is -2.46. The second-order valence-electron chi connectivity index (χ2n) is 6.59. The molecule has 1 aromatic rings. The van der Waals surface area contributed by atoms with Crippen molar-refractivity contribution < 1.29 is 0 Å². The summed E-state index contributed by atoms with van der Waals surface area (Å²) in [5.41, 5.74) is 2.43. The van der Waals surface area contributed by atoms with Gasteiger partial charge in [0.2, 0.25) is 0 Å². The number of imidazole rings is 1. The zero-order chi connectivity index (χ0) is 11.8. The number of rotatable bonds is 1. The summed E-state index contributed by atoms with van der Waals surface area (Å²) in [7, 11) is 0. The van der Waals surface area contributed by atoms with Crippen LogP contribution in [0.15, 0.2) is 12.5 Å². The Bertz CT molecular complexity index is 350. The van der Waals surface area contributed by atoms with Gasteiger partial charge in [-0.05, 0) is 43.9 Å². The van der Waals surface area contributed by atoms with Gasteiger partial charge >= 0.3 is 0 Å². The van der Waals surface area contributed by atoms with E-state index in [0.29, 0.717) is 5.41 Å². The summed E-state index contributed by atoms with van der Waals surface area (Å²) >= 11 is 0. The quantitative estimate of drug-likeness (QED) is 0.772. The molecule has 0 radical (unpaired) electrons. The van der Waals surface area contributed by atoms with E-state index in [1.165, 1.54) is 63.5 Å². The van der Waals surface area contributed by atoms with Crippen LogP contribution in [0.1, 0.15) is 70.4 Å². The van der Waals surface area contributed by atoms with Crippen LogP contribution in [0.2, 0.25) is 0 Å². The first-order valence-electron chi connectivity index (χ1n) is 7.22. The van der Waals surface area contributed by atoms with Gasteiger partial charge in [0.05, 0.1) is 6.33 Å². The van der Waals surface area contributed by atoms with Crippen molar-refractivity contribution in [3.63, 3.8) is 0 Å². The minimum Gasteiger partial charge on any atom is -0.348 e. The van der Waals surface area contributed by atoms with Crippen molar-refractivity contribution in [3.05, 3.63) is 18.2 Å². The molecular formula is C15H24N2. The van der Waals surface area contributed by atoms with Crippen molar-refractivity contribution in [2.45, 2.75) is 70.1 Å². The maximum atomic E-state index is 4.19. The highest BCUT2D eigenvalue weighted by Gasteiger charge is 2.41. The Labute approximate surface area is 104 Å². The highest BCUT2D eigenvalue weighted by Crippen LogP contribution is 2.52. The smallest absolute Gasteiger partial charge is 0.0921 e. The highest BCUT2D eigenvalue weighted by atomic mass is 14.9. The van der Waals surface area contributed by atoms with Crippen LogP contribution in [0.3, 0.4) is 0 Å². The molecule has 94 valence electrons. The zero-order valence-corrected chi connectivity index (χ0v) is 11.0. The van der Waals surface area contributed by atoms with Crippen LogP contribution in [0.25, 0.3) is 0 Å². The molecule has 2 aliphatic rings. The maximum Gasteiger partial charge on any atom is 0.0921 e. The molecule has 0 saturated heterocycles. The fourth-order valence-corrected chi connectivity index (χ4v) is 3.99. The monoisotopic (exact) mass is 232 g/mol. The molecule has 0 unspecified atom stereocenters. The van der Waals surface area contributed by atoms with Gasteiger partial charge in [0, 0.05) is 17.3 Å². The first-order valence-corrected chi connectivity index (χ1v) is 7.22. The van der Waals surface area contributed by atoms with Gasteiger partial charge in [0.25, 0.3) is 0 Å². The number of nitrogens with zero attached hydrogens (tertiary/aromatic N) is 1. The van der Waals surface area contributed by atoms with E-state index in [2.05, 4.69) is 16.9 Å². The molecule has 0 amide bonds. The first kappa shape index (κ1) is 11.3. The molecule has 0 bridgehead atoms. The third-order valence-electron chi connectivity index (χ3n) is 5.48. The Kier molecular flexibility index (Phi) is 2.76. The van der Waals surface area contributed by atoms with E-state index in [0.717, 1.165) is 5.41 Å². The van der Waals surface area contributed by atoms with Crippen molar-refractivity contribution in [1.82, 2.24) is 9.97 Å². The van der Waals surface area contributed by atoms with Crippen molar-refractivity contribution in [2.75, 3.05) is 0 Å². The van der Waals surface area contributed by atoms with Gasteiger partial charge < -0.3 is 4.98 Å². The van der Waals surface area contributed by atoms with E-state index in [9.17, 15) is 0 Å². The molecule has 0 atom stereocenters. The van der Waals surface area contributed by atoms with Crippen molar-refractivity contribution >= 4 is 0 Å². The molecule has 3 rings (SSSR count). The average Bonchev–Trinajstić information content (AvgIpc) is 2.89. The van der Waals surface area contributed by atoms with Gasteiger partial charge in [-0.3, -0.25) is 0 Å². The molecule has 17 heavy (non-hydrogen) atoms. The van der Waals surface area contributed by atoms with Gasteiger partial charge in [-0.2, -0.15) is 0 Å². The summed E-state index contributed by atoms with van der Waals surface area (Å²) in [4.78, 5) is 7.52. The second-order valence-corrected chi connectivity index (χ2v) is 6.59. The van der Waals surface area contributed by atoms with Crippen LogP contribution < -0.4 is 0 Å². The number of H-pyrrole nitrogens is 1. The molecule has 0 aromatic carbocycles. The van der Waals surface area contributed by atoms with Gasteiger partial charge in [-0.1, -0.05) is 26.2 Å². The third-order valence-corrected chi connectivity index (χ3v) is 5.48. The second kappa shape index (κ2) is 4.15. The normalized spacial score (nSPS) is 27.1. The molecule has 2 saturated carbocycles. The summed E-state index contributed by atoms with van der Waals surface area (Å²) in [6.45, 7) is 2.41. The van der Waals surface area contributed by atoms with E-state index < -0.39 is 0 Å². The Hall–Kier alpha value is -0.790. The lowest BCUT2D eigenvalue weighted by atomic mass is 9.59. The number of aromatic nitrogens is 2. The molecule has 2 nitrogen and oxygen atoms in total. The molecule has 0 aliphatic heterocycles. The van der Waals surface area contributed by atoms with Crippen molar-refractivity contribution in [2.24, 2.45) is 5.41 Å². The SMILES string of the molecule is CC1(c2cnc[nH]2)CCC2(CCCCC2)CC1. The third kappa shape index (κ3) is 2.02. The molecule has 2 fully saturated rings. The number of hydrogen-bond donors (Lipinski definition) is 1. The maximum absolute atomic E-state index is 4.19. The summed E-state index contributed by atoms with van der Waals surface area (Å²) in [6.07, 6.45) is 16.8. The van der Waals surface area contributed by atoms with E-state index >= 15 is 0 Å². The topological polar surface area (TPSA) is 28.7 Å². The van der Waals surface area contributed by atoms with Crippen LogP contribution >= 0.6 is 0 Å². The Morgan fingerprint density at radius 2 is 1.71 bits per heavy atom. The van der Waals surface area contributed by atoms with Crippen LogP contribution in [-0.2, 0) is 5.41 Å². The Morgan fingerprint density at radius 1 is 1.00 bits per heavy atom. The fraction of sp³-hybridized carbons (Fsp3) is 0.800. The molecule has 2 aliphatic carbocycles. The average molecular weight is 232 g/mol. The van der Waals surface area contributed by atoms with Crippen LogP contribution in [0.4, 0.5) is 0 Å². The Morgan fingerprint density at radius 3 is 2.29 bits per heavy atom. The van der Waals surface area contributed by atoms with Gasteiger partial charge in [-0.15, -0.1) is 0 Å². The standard InChI is InChI=1S/C15H24N2/c1-14(13-11-16-12-17-13)7-9-15(10-8-14)5-3-2-4-6-15/h11-12H,2-10H2,1H3,(H,16,17). The van der Waals surface area contributed by atoms with Crippen LogP contribution in [0.5, 0.6) is 0 Å². The largest absolute Gasteiger partial charge is 0.348 e. The van der Waals surface area contributed by atoms with E-state index in [1.54, 1.807) is 0 Å². The van der Waals surface area contributed by atoms with E-state index in [-0.39, 0.29) is 0 Å². The Balaban J connectivity index is 1.71. The van der Waals surface area contributed by atoms with Gasteiger partial charge in [0.1, 0.15) is 0 Å². The molecule has 1 spiro atoms. The summed E-state index contributed by atoms with van der Waals surface area (Å²) < 4.78 is 0. The summed E-state index contributed by atoms with van der Waals surface area (Å²) in [6, 6.07) is 0. The first-order chi connectivity index (χ1) is 8.23. The van der Waals surface area contributed by atoms with Crippen molar-refractivity contribution in [1.29, 1.82) is 0 Å². The predicted molar refractivity (Wildman–Crippen MR) is 69.9 cm³/mol. The fourth-order valence-electron chi connectivity index (χ4n) is 3.99. The number of aromatic amines is 1. The molecule has 2 heteroatoms. The van der Waals surface area contributed by atoms with Crippen LogP contribution in [-0.4, -0.2) is 9.97 Å². The molecule has 1 N–H and O–H groups in total. The van der Waals surface area contributed by atoms with Crippen molar-refractivity contribution in [3.8, 4) is 0 Å². The molecule has 1 aromatic heterocycles. The minimum absolute atomic E-state index is 0.360. The number of hydrogen-bond acceptors (Lipinski definition) is 1. The van der Waals surface area contributed by atoms with E-state index in [4.69, 9.17) is 0 Å². The van der Waals surface area contributed by atoms with E-state index in [1.807, 2.05) is 12.5 Å². The van der Waals surface area contributed by atoms with Crippen LogP contribution in [0, 0.1) is 5.41 Å².